The summed E-state index contributed by atoms with van der Waals surface area (Å²) in [6.45, 7) is 4.93. The molecule has 2 aromatic rings. The smallest absolute Gasteiger partial charge is 0.429 e. The largest absolute Gasteiger partial charge is 0.497 e. The minimum Gasteiger partial charge on any atom is -0.497 e. The van der Waals surface area contributed by atoms with Crippen LogP contribution in [0.4, 0.5) is 10.5 Å². The van der Waals surface area contributed by atoms with Crippen molar-refractivity contribution in [1.29, 1.82) is 5.26 Å². The number of amides is 1. The Kier molecular flexibility index (Phi) is 5.76. The SMILES string of the molecule is COc1ccc(N(C(=O)OC(C)(C)C)S(=O)(=O)c2ccc(C#N)cc2)cc1. The average molecular weight is 388 g/mol. The molecule has 1 amide bonds. The summed E-state index contributed by atoms with van der Waals surface area (Å²) in [5.74, 6) is 0.513. The highest BCUT2D eigenvalue weighted by Gasteiger charge is 2.34. The summed E-state index contributed by atoms with van der Waals surface area (Å²) in [4.78, 5) is 12.6. The Bertz CT molecular complexity index is 953. The molecule has 0 N–H and O–H groups in total. The highest BCUT2D eigenvalue weighted by molar-refractivity contribution is 7.93. The lowest BCUT2D eigenvalue weighted by molar-refractivity contribution is 0.0609. The minimum atomic E-state index is -4.26. The molecule has 0 fully saturated rings. The second kappa shape index (κ2) is 7.68. The van der Waals surface area contributed by atoms with Crippen molar-refractivity contribution in [3.63, 3.8) is 0 Å². The van der Waals surface area contributed by atoms with Crippen LogP contribution in [0.15, 0.2) is 53.4 Å². The van der Waals surface area contributed by atoms with Gasteiger partial charge in [-0.05, 0) is 69.3 Å². The predicted molar refractivity (Wildman–Crippen MR) is 100 cm³/mol. The first-order valence-corrected chi connectivity index (χ1v) is 9.45. The van der Waals surface area contributed by atoms with Gasteiger partial charge in [-0.3, -0.25) is 0 Å². The van der Waals surface area contributed by atoms with Crippen LogP contribution in [-0.4, -0.2) is 27.2 Å². The number of ether oxygens (including phenoxy) is 2. The summed E-state index contributed by atoms with van der Waals surface area (Å²) in [6.07, 6.45) is -1.03. The normalized spacial score (nSPS) is 11.4. The molecule has 2 aromatic carbocycles. The second-order valence-corrected chi connectivity index (χ2v) is 8.37. The van der Waals surface area contributed by atoms with Crippen LogP contribution >= 0.6 is 0 Å². The fraction of sp³-hybridized carbons (Fsp3) is 0.263. The van der Waals surface area contributed by atoms with Gasteiger partial charge in [0.2, 0.25) is 0 Å². The van der Waals surface area contributed by atoms with Gasteiger partial charge in [-0.1, -0.05) is 0 Å². The van der Waals surface area contributed by atoms with Crippen LogP contribution in [0.25, 0.3) is 0 Å². The Morgan fingerprint density at radius 3 is 2.04 bits per heavy atom. The summed E-state index contributed by atoms with van der Waals surface area (Å²) in [5, 5.41) is 8.89. The van der Waals surface area contributed by atoms with Gasteiger partial charge < -0.3 is 9.47 Å². The number of methoxy groups -OCH3 is 1. The Hall–Kier alpha value is -3.05. The van der Waals surface area contributed by atoms with Gasteiger partial charge in [-0.25, -0.2) is 13.2 Å². The van der Waals surface area contributed by atoms with Crippen molar-refractivity contribution in [2.75, 3.05) is 11.4 Å². The van der Waals surface area contributed by atoms with Crippen molar-refractivity contribution in [1.82, 2.24) is 0 Å². The second-order valence-electron chi connectivity index (χ2n) is 6.58. The van der Waals surface area contributed by atoms with E-state index < -0.39 is 21.7 Å². The van der Waals surface area contributed by atoms with Crippen molar-refractivity contribution in [3.05, 3.63) is 54.1 Å². The van der Waals surface area contributed by atoms with Crippen LogP contribution in [0, 0.1) is 11.3 Å². The molecule has 2 rings (SSSR count). The zero-order valence-electron chi connectivity index (χ0n) is 15.5. The average Bonchev–Trinajstić information content (AvgIpc) is 2.60. The van der Waals surface area contributed by atoms with Gasteiger partial charge in [0.1, 0.15) is 11.4 Å². The molecule has 0 radical (unpaired) electrons. The lowest BCUT2D eigenvalue weighted by atomic mass is 10.2. The van der Waals surface area contributed by atoms with Crippen LogP contribution in [0.5, 0.6) is 5.75 Å². The van der Waals surface area contributed by atoms with Gasteiger partial charge in [-0.15, -0.1) is 0 Å². The number of hydrogen-bond acceptors (Lipinski definition) is 6. The molecule has 0 unspecified atom stereocenters. The third kappa shape index (κ3) is 4.77. The number of nitriles is 1. The zero-order valence-corrected chi connectivity index (χ0v) is 16.3. The molecule has 0 aliphatic heterocycles. The van der Waals surface area contributed by atoms with Gasteiger partial charge >= 0.3 is 6.09 Å². The van der Waals surface area contributed by atoms with Gasteiger partial charge in [0.15, 0.2) is 0 Å². The summed E-state index contributed by atoms with van der Waals surface area (Å²) >= 11 is 0. The van der Waals surface area contributed by atoms with Crippen molar-refractivity contribution >= 4 is 21.8 Å². The minimum absolute atomic E-state index is 0.106. The van der Waals surface area contributed by atoms with Crippen LogP contribution in [0.2, 0.25) is 0 Å². The molecular weight excluding hydrogens is 368 g/mol. The molecule has 27 heavy (non-hydrogen) atoms. The quantitative estimate of drug-likeness (QED) is 0.792. The fourth-order valence-electron chi connectivity index (χ4n) is 2.17. The van der Waals surface area contributed by atoms with Crippen LogP contribution in [0.3, 0.4) is 0 Å². The van der Waals surface area contributed by atoms with Crippen LogP contribution in [0.1, 0.15) is 26.3 Å². The maximum absolute atomic E-state index is 13.1. The lowest BCUT2D eigenvalue weighted by Gasteiger charge is -2.27. The number of carbonyl (C=O) groups excluding carboxylic acids is 1. The molecule has 7 nitrogen and oxygen atoms in total. The number of carbonyl (C=O) groups is 1. The van der Waals surface area contributed by atoms with Crippen molar-refractivity contribution in [2.24, 2.45) is 0 Å². The highest BCUT2D eigenvalue weighted by atomic mass is 32.2. The van der Waals surface area contributed by atoms with E-state index in [1.807, 2.05) is 6.07 Å². The third-order valence-electron chi connectivity index (χ3n) is 3.39. The number of sulfonamides is 1. The fourth-order valence-corrected chi connectivity index (χ4v) is 3.49. The molecular formula is C19H20N2O5S. The number of hydrogen-bond donors (Lipinski definition) is 0. The molecule has 142 valence electrons. The predicted octanol–water partition coefficient (Wildman–Crippen LogP) is 3.70. The Morgan fingerprint density at radius 1 is 1.04 bits per heavy atom. The molecule has 0 aliphatic rings. The standard InChI is InChI=1S/C19H20N2O5S/c1-19(2,3)26-18(22)21(15-7-9-16(25-4)10-8-15)27(23,24)17-11-5-14(13-20)6-12-17/h5-12H,1-4H3. The molecule has 8 heteroatoms. The molecule has 0 bridgehead atoms. The molecule has 0 spiro atoms. The van der Waals surface area contributed by atoms with Gasteiger partial charge in [0.25, 0.3) is 10.0 Å². The first-order valence-electron chi connectivity index (χ1n) is 8.01. The van der Waals surface area contributed by atoms with Crippen molar-refractivity contribution in [2.45, 2.75) is 31.3 Å². The maximum Gasteiger partial charge on any atom is 0.429 e. The lowest BCUT2D eigenvalue weighted by Crippen LogP contribution is -2.41. The molecule has 0 atom stereocenters. The maximum atomic E-state index is 13.1. The van der Waals surface area contributed by atoms with Gasteiger partial charge in [0, 0.05) is 0 Å². The van der Waals surface area contributed by atoms with Crippen molar-refractivity contribution in [3.8, 4) is 11.8 Å². The van der Waals surface area contributed by atoms with Crippen LogP contribution < -0.4 is 9.04 Å². The molecule has 0 saturated heterocycles. The highest BCUT2D eigenvalue weighted by Crippen LogP contribution is 2.28. The van der Waals surface area contributed by atoms with E-state index in [-0.39, 0.29) is 10.6 Å². The summed E-state index contributed by atoms with van der Waals surface area (Å²) in [7, 11) is -2.78. The van der Waals surface area contributed by atoms with Crippen molar-refractivity contribution < 1.29 is 22.7 Å². The van der Waals surface area contributed by atoms with E-state index in [2.05, 4.69) is 0 Å². The van der Waals surface area contributed by atoms with Crippen LogP contribution in [-0.2, 0) is 14.8 Å². The Balaban J connectivity index is 2.55. The number of anilines is 1. The van der Waals surface area contributed by atoms with E-state index in [0.717, 1.165) is 0 Å². The van der Waals surface area contributed by atoms with Gasteiger partial charge in [-0.2, -0.15) is 9.57 Å². The Labute approximate surface area is 158 Å². The van der Waals surface area contributed by atoms with E-state index in [1.54, 1.807) is 32.9 Å². The monoisotopic (exact) mass is 388 g/mol. The molecule has 0 aromatic heterocycles. The first kappa shape index (κ1) is 20.3. The summed E-state index contributed by atoms with van der Waals surface area (Å²) in [5.41, 5.74) is -0.473. The van der Waals surface area contributed by atoms with E-state index >= 15 is 0 Å². The topological polar surface area (TPSA) is 96.7 Å². The van der Waals surface area contributed by atoms with Gasteiger partial charge in [0.05, 0.1) is 29.3 Å². The number of rotatable bonds is 4. The van der Waals surface area contributed by atoms with E-state index in [1.165, 1.54) is 43.5 Å². The zero-order chi connectivity index (χ0) is 20.2. The third-order valence-corrected chi connectivity index (χ3v) is 5.10. The van der Waals surface area contributed by atoms with E-state index in [9.17, 15) is 13.2 Å². The summed E-state index contributed by atoms with van der Waals surface area (Å²) < 4.78 is 37.2. The molecule has 0 saturated carbocycles. The van der Waals surface area contributed by atoms with E-state index in [0.29, 0.717) is 15.6 Å². The number of benzene rings is 2. The Morgan fingerprint density at radius 2 is 1.59 bits per heavy atom. The summed E-state index contributed by atoms with van der Waals surface area (Å²) in [6, 6.07) is 13.2. The van der Waals surface area contributed by atoms with E-state index in [4.69, 9.17) is 14.7 Å². The first-order chi connectivity index (χ1) is 12.6. The molecule has 0 heterocycles. The number of nitrogens with zero attached hydrogens (tertiary/aromatic N) is 2. The molecule has 0 aliphatic carbocycles.